The molecular weight excluding hydrogens is 375 g/mol. The molecule has 1 nitrogen and oxygen atoms in total. The molecule has 2 aromatic rings. The molecule has 0 bridgehead atoms. The largest absolute Gasteiger partial charge is 0.416 e. The van der Waals surface area contributed by atoms with Crippen molar-refractivity contribution in [3.8, 4) is 0 Å². The maximum Gasteiger partial charge on any atom is 0.416 e. The van der Waals surface area contributed by atoms with Crippen molar-refractivity contribution >= 4 is 38.9 Å². The summed E-state index contributed by atoms with van der Waals surface area (Å²) in [5, 5.41) is 0. The van der Waals surface area contributed by atoms with E-state index in [1.54, 1.807) is 0 Å². The molecule has 7 heteroatoms. The van der Waals surface area contributed by atoms with Crippen LogP contribution in [0.5, 0.6) is 0 Å². The second-order valence-corrected chi connectivity index (χ2v) is 6.82. The van der Waals surface area contributed by atoms with E-state index in [9.17, 15) is 13.2 Å². The van der Waals surface area contributed by atoms with E-state index in [-0.39, 0.29) is 6.04 Å². The molecule has 1 heterocycles. The van der Waals surface area contributed by atoms with Crippen LogP contribution in [0.4, 0.5) is 13.2 Å². The fraction of sp³-hybridized carbons (Fsp3) is 0.231. The van der Waals surface area contributed by atoms with Crippen LogP contribution in [0.3, 0.4) is 0 Å². The molecule has 0 radical (unpaired) electrons. The molecule has 0 amide bonds. The Morgan fingerprint density at radius 3 is 2.30 bits per heavy atom. The Hall–Kier alpha value is -0.560. The highest BCUT2D eigenvalue weighted by Crippen LogP contribution is 2.35. The number of thiophene rings is 1. The summed E-state index contributed by atoms with van der Waals surface area (Å²) >= 11 is 10.6. The van der Waals surface area contributed by atoms with Crippen LogP contribution in [0.25, 0.3) is 0 Å². The van der Waals surface area contributed by atoms with E-state index in [4.69, 9.17) is 17.3 Å². The van der Waals surface area contributed by atoms with Gasteiger partial charge in [0.2, 0.25) is 0 Å². The number of hydrogen-bond acceptors (Lipinski definition) is 2. The second kappa shape index (κ2) is 6.05. The minimum atomic E-state index is -4.31. The number of hydrogen-bond donors (Lipinski definition) is 1. The first-order valence-electron chi connectivity index (χ1n) is 5.64. The van der Waals surface area contributed by atoms with E-state index in [0.29, 0.717) is 10.8 Å². The molecule has 2 N–H and O–H groups in total. The smallest absolute Gasteiger partial charge is 0.323 e. The summed E-state index contributed by atoms with van der Waals surface area (Å²) in [6.45, 7) is 0. The van der Waals surface area contributed by atoms with Crippen molar-refractivity contribution in [1.29, 1.82) is 0 Å². The topological polar surface area (TPSA) is 26.0 Å². The summed E-state index contributed by atoms with van der Waals surface area (Å²) in [6.07, 6.45) is -3.85. The van der Waals surface area contributed by atoms with Crippen LogP contribution in [0.2, 0.25) is 4.34 Å². The van der Waals surface area contributed by atoms with Crippen LogP contribution in [0.1, 0.15) is 22.0 Å². The van der Waals surface area contributed by atoms with Gasteiger partial charge in [-0.1, -0.05) is 23.7 Å². The molecule has 0 aliphatic carbocycles. The molecule has 108 valence electrons. The van der Waals surface area contributed by atoms with E-state index in [1.807, 2.05) is 6.07 Å². The predicted molar refractivity (Wildman–Crippen MR) is 79.1 cm³/mol. The van der Waals surface area contributed by atoms with Crippen LogP contribution < -0.4 is 5.73 Å². The van der Waals surface area contributed by atoms with E-state index in [1.165, 1.54) is 23.5 Å². The zero-order valence-electron chi connectivity index (χ0n) is 10.0. The fourth-order valence-corrected chi connectivity index (χ4v) is 3.47. The molecule has 0 saturated heterocycles. The maximum absolute atomic E-state index is 12.5. The summed E-state index contributed by atoms with van der Waals surface area (Å²) in [5.74, 6) is 0. The highest BCUT2D eigenvalue weighted by atomic mass is 79.9. The molecule has 1 aromatic heterocycles. The molecule has 0 spiro atoms. The van der Waals surface area contributed by atoms with Gasteiger partial charge in [-0.15, -0.1) is 11.3 Å². The zero-order chi connectivity index (χ0) is 14.9. The lowest BCUT2D eigenvalue weighted by molar-refractivity contribution is -0.137. The Balaban J connectivity index is 2.10. The number of benzene rings is 1. The summed E-state index contributed by atoms with van der Waals surface area (Å²) < 4.78 is 38.7. The van der Waals surface area contributed by atoms with Crippen molar-refractivity contribution in [2.45, 2.75) is 18.6 Å². The zero-order valence-corrected chi connectivity index (χ0v) is 13.2. The summed E-state index contributed by atoms with van der Waals surface area (Å²) in [5.41, 5.74) is 6.14. The molecule has 1 aromatic carbocycles. The van der Waals surface area contributed by atoms with Crippen molar-refractivity contribution in [3.63, 3.8) is 0 Å². The highest BCUT2D eigenvalue weighted by molar-refractivity contribution is 9.10. The lowest BCUT2D eigenvalue weighted by atomic mass is 10.0. The van der Waals surface area contributed by atoms with Crippen LogP contribution in [-0.2, 0) is 12.6 Å². The normalized spacial score (nSPS) is 13.5. The maximum atomic E-state index is 12.5. The van der Waals surface area contributed by atoms with Crippen LogP contribution >= 0.6 is 38.9 Å². The molecule has 20 heavy (non-hydrogen) atoms. The Morgan fingerprint density at radius 2 is 1.85 bits per heavy atom. The molecule has 1 atom stereocenters. The Bertz CT molecular complexity index is 575. The van der Waals surface area contributed by atoms with Crippen molar-refractivity contribution in [2.75, 3.05) is 0 Å². The highest BCUT2D eigenvalue weighted by Gasteiger charge is 2.30. The Morgan fingerprint density at radius 1 is 1.25 bits per heavy atom. The second-order valence-electron chi connectivity index (χ2n) is 4.28. The third-order valence-electron chi connectivity index (χ3n) is 2.77. The summed E-state index contributed by atoms with van der Waals surface area (Å²) in [7, 11) is 0. The van der Waals surface area contributed by atoms with Gasteiger partial charge in [-0.05, 0) is 46.1 Å². The van der Waals surface area contributed by atoms with Crippen LogP contribution in [0.15, 0.2) is 34.8 Å². The molecule has 1 unspecified atom stereocenters. The Kier molecular flexibility index (Phi) is 4.79. The SMILES string of the molecule is NC(Cc1ccc(C(F)(F)F)cc1)c1cc(Br)c(Cl)s1. The molecular formula is C13H10BrClF3NS. The quantitative estimate of drug-likeness (QED) is 0.751. The first kappa shape index (κ1) is 15.8. The number of nitrogens with two attached hydrogens (primary N) is 1. The van der Waals surface area contributed by atoms with Gasteiger partial charge in [0.25, 0.3) is 0 Å². The van der Waals surface area contributed by atoms with E-state index >= 15 is 0 Å². The first-order chi connectivity index (χ1) is 9.27. The fourth-order valence-electron chi connectivity index (χ4n) is 1.73. The molecule has 0 aliphatic heterocycles. The molecule has 2 rings (SSSR count). The van der Waals surface area contributed by atoms with Gasteiger partial charge in [-0.2, -0.15) is 13.2 Å². The van der Waals surface area contributed by atoms with Gasteiger partial charge in [-0.25, -0.2) is 0 Å². The number of alkyl halides is 3. The van der Waals surface area contributed by atoms with Crippen molar-refractivity contribution in [2.24, 2.45) is 5.73 Å². The lowest BCUT2D eigenvalue weighted by Gasteiger charge is -2.11. The summed E-state index contributed by atoms with van der Waals surface area (Å²) in [4.78, 5) is 0.891. The molecule has 0 saturated carbocycles. The average Bonchev–Trinajstić information content (AvgIpc) is 2.69. The van der Waals surface area contributed by atoms with Crippen molar-refractivity contribution in [3.05, 3.63) is 55.1 Å². The van der Waals surface area contributed by atoms with Gasteiger partial charge in [0.15, 0.2) is 0 Å². The average molecular weight is 385 g/mol. The van der Waals surface area contributed by atoms with Gasteiger partial charge in [0, 0.05) is 15.4 Å². The minimum absolute atomic E-state index is 0.291. The first-order valence-corrected chi connectivity index (χ1v) is 7.62. The monoisotopic (exact) mass is 383 g/mol. The van der Waals surface area contributed by atoms with E-state index in [2.05, 4.69) is 15.9 Å². The standard InChI is InChI=1S/C13H10BrClF3NS/c14-9-6-11(20-12(9)15)10(19)5-7-1-3-8(4-2-7)13(16,17)18/h1-4,6,10H,5,19H2. The molecule has 0 aliphatic rings. The van der Waals surface area contributed by atoms with Gasteiger partial charge in [0.1, 0.15) is 4.34 Å². The predicted octanol–water partition coefficient (Wildman–Crippen LogP) is 5.43. The van der Waals surface area contributed by atoms with Crippen molar-refractivity contribution in [1.82, 2.24) is 0 Å². The van der Waals surface area contributed by atoms with Gasteiger partial charge < -0.3 is 5.73 Å². The van der Waals surface area contributed by atoms with Crippen LogP contribution in [0, 0.1) is 0 Å². The minimum Gasteiger partial charge on any atom is -0.323 e. The van der Waals surface area contributed by atoms with E-state index < -0.39 is 11.7 Å². The Labute approximate surface area is 131 Å². The molecule has 0 fully saturated rings. The van der Waals surface area contributed by atoms with Gasteiger partial charge >= 0.3 is 6.18 Å². The summed E-state index contributed by atoms with van der Waals surface area (Å²) in [6, 6.07) is 6.58. The number of halogens is 5. The van der Waals surface area contributed by atoms with E-state index in [0.717, 1.165) is 27.0 Å². The lowest BCUT2D eigenvalue weighted by Crippen LogP contribution is -2.12. The van der Waals surface area contributed by atoms with Crippen LogP contribution in [-0.4, -0.2) is 0 Å². The number of rotatable bonds is 3. The third kappa shape index (κ3) is 3.75. The van der Waals surface area contributed by atoms with Gasteiger partial charge in [0.05, 0.1) is 5.56 Å². The van der Waals surface area contributed by atoms with Crippen molar-refractivity contribution < 1.29 is 13.2 Å². The third-order valence-corrected chi connectivity index (χ3v) is 5.37. The van der Waals surface area contributed by atoms with Gasteiger partial charge in [-0.3, -0.25) is 0 Å².